The summed E-state index contributed by atoms with van der Waals surface area (Å²) in [6.07, 6.45) is 24.1. The zero-order valence-corrected chi connectivity index (χ0v) is 42.5. The highest BCUT2D eigenvalue weighted by atomic mass is 16.7. The second kappa shape index (κ2) is 15.2. The highest BCUT2D eigenvalue weighted by Crippen LogP contribution is 2.73. The van der Waals surface area contributed by atoms with Crippen LogP contribution < -0.4 is 0 Å². The predicted molar refractivity (Wildman–Crippen MR) is 253 cm³/mol. The molecule has 1 N–H and O–H groups in total. The molecule has 0 bridgehead atoms. The van der Waals surface area contributed by atoms with E-state index >= 15 is 0 Å². The third-order valence-corrected chi connectivity index (χ3v) is 24.6. The third kappa shape index (κ3) is 6.16. The van der Waals surface area contributed by atoms with Crippen LogP contribution in [0.3, 0.4) is 0 Å². The molecule has 10 heteroatoms. The molecule has 10 nitrogen and oxygen atoms in total. The molecule has 12 aliphatic rings. The van der Waals surface area contributed by atoms with E-state index in [-0.39, 0.29) is 40.7 Å². The van der Waals surface area contributed by atoms with E-state index in [0.717, 1.165) is 94.4 Å². The van der Waals surface area contributed by atoms with Gasteiger partial charge in [0.1, 0.15) is 11.3 Å². The van der Waals surface area contributed by atoms with Crippen LogP contribution in [0.2, 0.25) is 0 Å². The van der Waals surface area contributed by atoms with Gasteiger partial charge in [0.15, 0.2) is 17.4 Å². The lowest BCUT2D eigenvalue weighted by Crippen LogP contribution is -2.66. The number of carbonyl (C=O) groups excluding carboxylic acids is 1. The molecule has 4 aliphatic heterocycles. The number of fused-ring (bicyclic) bond motifs is 14. The number of aromatic nitrogens is 3. The van der Waals surface area contributed by atoms with Crippen LogP contribution in [0.1, 0.15) is 183 Å². The lowest BCUT2D eigenvalue weighted by molar-refractivity contribution is -0.273. The molecule has 1 aromatic heterocycles. The topological polar surface area (TPSA) is 114 Å². The Balaban J connectivity index is 0.637. The van der Waals surface area contributed by atoms with Crippen molar-refractivity contribution in [1.29, 1.82) is 0 Å². The fraction of sp³-hybridized carbons (Fsp3) is 0.912. The van der Waals surface area contributed by atoms with Crippen LogP contribution in [0, 0.1) is 92.7 Å². The molecule has 370 valence electrons. The minimum atomic E-state index is -1.35. The first-order chi connectivity index (χ1) is 31.9. The molecule has 1 aromatic rings. The summed E-state index contributed by atoms with van der Waals surface area (Å²) in [6, 6.07) is -0.0593. The van der Waals surface area contributed by atoms with Gasteiger partial charge < -0.3 is 28.8 Å². The predicted octanol–water partition coefficient (Wildman–Crippen LogP) is 10.8. The first-order valence-corrected chi connectivity index (χ1v) is 28.0. The SMILES string of the molecule is C[C@@H]1CC[C@@]2(OC1)O[C@H]1C[C@H]3[C@@H]4CC=C5C[C@@H](OCc6cn([C@H]7CC[C@]8(C)[C@H]9CC[C@]%10(C)[C@@H]%11[C@H](C[C@H]%10[C@@H]9CC(=O)[C@@]8(O)C7)O[C@]7(CC[C@@H](C)CO7)[C@H]%11C)nn6)CC[C@]5(C)[C@H]4CC[C@]3(C)[C@H]1[C@@H]2C. The molecule has 13 rings (SSSR count). The van der Waals surface area contributed by atoms with Gasteiger partial charge in [-0.25, -0.2) is 4.68 Å². The van der Waals surface area contributed by atoms with Crippen molar-refractivity contribution in [3.63, 3.8) is 0 Å². The van der Waals surface area contributed by atoms with E-state index in [9.17, 15) is 9.90 Å². The number of hydrogen-bond donors (Lipinski definition) is 1. The highest BCUT2D eigenvalue weighted by Gasteiger charge is 2.73. The van der Waals surface area contributed by atoms with E-state index in [1.54, 1.807) is 5.57 Å². The van der Waals surface area contributed by atoms with E-state index < -0.39 is 16.8 Å². The Kier molecular flexibility index (Phi) is 10.2. The average Bonchev–Trinajstić information content (AvgIpc) is 4.09. The molecular weight excluding hydrogens is 839 g/mol. The Labute approximate surface area is 401 Å². The van der Waals surface area contributed by atoms with Crippen molar-refractivity contribution in [1.82, 2.24) is 15.0 Å². The van der Waals surface area contributed by atoms with Crippen molar-refractivity contribution in [2.75, 3.05) is 13.2 Å². The van der Waals surface area contributed by atoms with Crippen LogP contribution in [0.25, 0.3) is 0 Å². The number of aliphatic hydroxyl groups is 1. The van der Waals surface area contributed by atoms with Gasteiger partial charge in [0.05, 0.1) is 50.4 Å². The van der Waals surface area contributed by atoms with E-state index in [2.05, 4.69) is 71.8 Å². The highest BCUT2D eigenvalue weighted by molar-refractivity contribution is 5.89. The van der Waals surface area contributed by atoms with Crippen molar-refractivity contribution < 1.29 is 33.6 Å². The first kappa shape index (κ1) is 45.2. The van der Waals surface area contributed by atoms with Crippen LogP contribution >= 0.6 is 0 Å². The van der Waals surface area contributed by atoms with Gasteiger partial charge in [-0.05, 0) is 165 Å². The Morgan fingerprint density at radius 2 is 1.36 bits per heavy atom. The Bertz CT molecular complexity index is 2160. The number of hydrogen-bond acceptors (Lipinski definition) is 9. The van der Waals surface area contributed by atoms with Crippen LogP contribution in [0.15, 0.2) is 17.8 Å². The number of nitrogens with zero attached hydrogens (tertiary/aromatic N) is 3. The molecule has 23 atom stereocenters. The summed E-state index contributed by atoms with van der Waals surface area (Å²) < 4.78 is 35.9. The van der Waals surface area contributed by atoms with Crippen LogP contribution in [0.5, 0.6) is 0 Å². The minimum absolute atomic E-state index is 0.0580. The van der Waals surface area contributed by atoms with Crippen molar-refractivity contribution in [2.45, 2.75) is 219 Å². The molecule has 0 aromatic carbocycles. The summed E-state index contributed by atoms with van der Waals surface area (Å²) in [4.78, 5) is 14.5. The van der Waals surface area contributed by atoms with Gasteiger partial charge in [-0.1, -0.05) is 72.3 Å². The number of rotatable bonds is 4. The summed E-state index contributed by atoms with van der Waals surface area (Å²) in [5.41, 5.74) is 1.40. The molecule has 67 heavy (non-hydrogen) atoms. The minimum Gasteiger partial charge on any atom is -0.381 e. The van der Waals surface area contributed by atoms with Crippen molar-refractivity contribution >= 4 is 5.78 Å². The van der Waals surface area contributed by atoms with Crippen molar-refractivity contribution in [3.05, 3.63) is 23.5 Å². The Morgan fingerprint density at radius 1 is 0.731 bits per heavy atom. The second-order valence-corrected chi connectivity index (χ2v) is 27.3. The smallest absolute Gasteiger partial charge is 0.171 e. The summed E-state index contributed by atoms with van der Waals surface area (Å²) >= 11 is 0. The maximum atomic E-state index is 14.5. The molecule has 8 aliphatic carbocycles. The largest absolute Gasteiger partial charge is 0.381 e. The Hall–Kier alpha value is -1.69. The maximum absolute atomic E-state index is 14.5. The van der Waals surface area contributed by atoms with Gasteiger partial charge in [0.25, 0.3) is 0 Å². The number of allylic oxidation sites excluding steroid dienone is 1. The summed E-state index contributed by atoms with van der Waals surface area (Å²) in [6.45, 7) is 21.6. The van der Waals surface area contributed by atoms with Gasteiger partial charge in [0, 0.05) is 42.9 Å². The molecule has 5 heterocycles. The standard InChI is InChI=1S/C57H85N3O7/c1-32-11-21-56(64-29-32)34(3)49-46(66-56)25-44-40-10-9-36-23-39(14-17-51(36,5)42(40)15-18-52(44,49)6)63-31-37-28-60(59-58-37)38-13-20-54(8)43-16-19-53(7)45(41(43)24-48(61)55(54,62)27-38)26-47-50(53)35(4)57(67-47)22-12-33(2)30-65-57/h9,28,32-35,38-47,49-50,62H,10-27,29-31H2,1-8H3/t32-,33-,34+,35+,38+,39+,40-,41-,42+,43+,44+,45+,46+,47+,49+,50+,51+,52+,53+,54-,55+,56-,57-/m1/s1. The van der Waals surface area contributed by atoms with Crippen molar-refractivity contribution in [3.8, 4) is 0 Å². The van der Waals surface area contributed by atoms with Crippen LogP contribution in [0.4, 0.5) is 0 Å². The fourth-order valence-corrected chi connectivity index (χ4v) is 20.8. The zero-order chi connectivity index (χ0) is 46.3. The fourth-order valence-electron chi connectivity index (χ4n) is 20.8. The second-order valence-electron chi connectivity index (χ2n) is 27.3. The lowest BCUT2D eigenvalue weighted by atomic mass is 9.42. The summed E-state index contributed by atoms with van der Waals surface area (Å²) in [5.74, 6) is 5.68. The van der Waals surface area contributed by atoms with E-state index in [4.69, 9.17) is 23.7 Å². The summed E-state index contributed by atoms with van der Waals surface area (Å²) in [5, 5.41) is 22.0. The molecule has 11 fully saturated rings. The molecule has 0 unspecified atom stereocenters. The molecule has 7 saturated carbocycles. The monoisotopic (exact) mass is 924 g/mol. The molecule has 2 spiro atoms. The van der Waals surface area contributed by atoms with Crippen molar-refractivity contribution in [2.24, 2.45) is 92.7 Å². The maximum Gasteiger partial charge on any atom is 0.171 e. The van der Waals surface area contributed by atoms with Gasteiger partial charge in [-0.15, -0.1) is 5.10 Å². The third-order valence-electron chi connectivity index (χ3n) is 24.6. The average molecular weight is 924 g/mol. The van der Waals surface area contributed by atoms with Crippen LogP contribution in [-0.2, 0) is 35.1 Å². The zero-order valence-electron chi connectivity index (χ0n) is 42.5. The Morgan fingerprint density at radius 3 is 1.99 bits per heavy atom. The van der Waals surface area contributed by atoms with Crippen LogP contribution in [-0.4, -0.2) is 74.6 Å². The lowest BCUT2D eigenvalue weighted by Gasteiger charge is -2.63. The molecule has 0 radical (unpaired) electrons. The van der Waals surface area contributed by atoms with E-state index in [1.807, 2.05) is 10.9 Å². The van der Waals surface area contributed by atoms with Gasteiger partial charge in [0.2, 0.25) is 0 Å². The first-order valence-electron chi connectivity index (χ1n) is 28.0. The summed E-state index contributed by atoms with van der Waals surface area (Å²) in [7, 11) is 0. The van der Waals surface area contributed by atoms with Gasteiger partial charge >= 0.3 is 0 Å². The number of Topliss-reactive ketones (excluding diaryl/α,β-unsaturated/α-hetero) is 1. The quantitative estimate of drug-likeness (QED) is 0.295. The van der Waals surface area contributed by atoms with Gasteiger partial charge in [-0.2, -0.15) is 0 Å². The van der Waals surface area contributed by atoms with E-state index in [1.165, 1.54) is 44.9 Å². The number of ketones is 1. The molecule has 4 saturated heterocycles. The molecular formula is C57H85N3O7. The molecule has 0 amide bonds. The van der Waals surface area contributed by atoms with E-state index in [0.29, 0.717) is 84.2 Å². The van der Waals surface area contributed by atoms with Gasteiger partial charge in [-0.3, -0.25) is 4.79 Å². The number of carbonyl (C=O) groups is 1. The number of ether oxygens (including phenoxy) is 5. The normalized spacial score (nSPS) is 57.4.